The Labute approximate surface area is 141 Å². The molecule has 0 aliphatic carbocycles. The molecule has 1 unspecified atom stereocenters. The predicted octanol–water partition coefficient (Wildman–Crippen LogP) is 2.69. The number of carbonyl (C=O) groups is 2. The van der Waals surface area contributed by atoms with Crippen LogP contribution in [0.1, 0.15) is 29.3 Å². The van der Waals surface area contributed by atoms with Crippen molar-refractivity contribution >= 4 is 11.8 Å². The van der Waals surface area contributed by atoms with Crippen LogP contribution in [-0.2, 0) is 11.2 Å². The fourth-order valence-corrected chi connectivity index (χ4v) is 2.34. The molecule has 4 nitrogen and oxygen atoms in total. The monoisotopic (exact) mass is 328 g/mol. The van der Waals surface area contributed by atoms with E-state index in [0.29, 0.717) is 24.1 Å². The molecule has 126 valence electrons. The summed E-state index contributed by atoms with van der Waals surface area (Å²) in [5.41, 5.74) is 1.13. The van der Waals surface area contributed by atoms with E-state index in [1.165, 1.54) is 6.07 Å². The summed E-state index contributed by atoms with van der Waals surface area (Å²) in [6.07, 6.45) is 0.610. The first-order valence-electron chi connectivity index (χ1n) is 7.92. The highest BCUT2D eigenvalue weighted by Crippen LogP contribution is 2.06. The summed E-state index contributed by atoms with van der Waals surface area (Å²) >= 11 is 0. The molecule has 2 amide bonds. The average Bonchev–Trinajstić information content (AvgIpc) is 2.57. The summed E-state index contributed by atoms with van der Waals surface area (Å²) in [6.45, 7) is 2.14. The van der Waals surface area contributed by atoms with Crippen LogP contribution >= 0.6 is 0 Å². The van der Waals surface area contributed by atoms with Crippen molar-refractivity contribution in [3.63, 3.8) is 0 Å². The molecule has 0 aliphatic rings. The Morgan fingerprint density at radius 1 is 1.04 bits per heavy atom. The van der Waals surface area contributed by atoms with Gasteiger partial charge in [0, 0.05) is 24.6 Å². The van der Waals surface area contributed by atoms with Gasteiger partial charge < -0.3 is 10.6 Å². The quantitative estimate of drug-likeness (QED) is 0.821. The Balaban J connectivity index is 1.72. The van der Waals surface area contributed by atoms with Gasteiger partial charge in [-0.15, -0.1) is 0 Å². The maximum absolute atomic E-state index is 13.5. The van der Waals surface area contributed by atoms with E-state index in [1.807, 2.05) is 6.07 Å². The van der Waals surface area contributed by atoms with Crippen molar-refractivity contribution in [1.29, 1.82) is 0 Å². The van der Waals surface area contributed by atoms with Crippen LogP contribution < -0.4 is 10.6 Å². The minimum absolute atomic E-state index is 0.174. The second kappa shape index (κ2) is 8.82. The number of carbonyl (C=O) groups excluding carboxylic acids is 2. The van der Waals surface area contributed by atoms with Gasteiger partial charge >= 0.3 is 0 Å². The second-order valence-corrected chi connectivity index (χ2v) is 5.64. The molecule has 2 N–H and O–H groups in total. The van der Waals surface area contributed by atoms with E-state index in [2.05, 4.69) is 10.6 Å². The van der Waals surface area contributed by atoms with Crippen LogP contribution in [0.25, 0.3) is 0 Å². The van der Waals surface area contributed by atoms with Crippen molar-refractivity contribution < 1.29 is 14.0 Å². The first kappa shape index (κ1) is 17.7. The molecular formula is C19H21FN2O2. The summed E-state index contributed by atoms with van der Waals surface area (Å²) in [4.78, 5) is 23.9. The van der Waals surface area contributed by atoms with E-state index < -0.39 is 0 Å². The van der Waals surface area contributed by atoms with Gasteiger partial charge in [-0.2, -0.15) is 0 Å². The molecule has 0 aromatic heterocycles. The summed E-state index contributed by atoms with van der Waals surface area (Å²) in [5, 5.41) is 5.53. The van der Waals surface area contributed by atoms with Crippen molar-refractivity contribution in [1.82, 2.24) is 10.6 Å². The molecule has 0 radical (unpaired) electrons. The van der Waals surface area contributed by atoms with Crippen molar-refractivity contribution in [2.45, 2.75) is 25.8 Å². The fourth-order valence-electron chi connectivity index (χ4n) is 2.34. The minimum atomic E-state index is -0.286. The molecule has 2 aromatic carbocycles. The van der Waals surface area contributed by atoms with Gasteiger partial charge in [-0.25, -0.2) is 4.39 Å². The van der Waals surface area contributed by atoms with Crippen molar-refractivity contribution in [2.24, 2.45) is 0 Å². The average molecular weight is 328 g/mol. The molecule has 0 aliphatic heterocycles. The smallest absolute Gasteiger partial charge is 0.251 e. The van der Waals surface area contributed by atoms with E-state index in [9.17, 15) is 14.0 Å². The van der Waals surface area contributed by atoms with Crippen molar-refractivity contribution in [3.8, 4) is 0 Å². The second-order valence-electron chi connectivity index (χ2n) is 5.64. The van der Waals surface area contributed by atoms with E-state index >= 15 is 0 Å². The van der Waals surface area contributed by atoms with Crippen molar-refractivity contribution in [2.75, 3.05) is 6.54 Å². The van der Waals surface area contributed by atoms with Crippen LogP contribution in [0.5, 0.6) is 0 Å². The highest BCUT2D eigenvalue weighted by Gasteiger charge is 2.13. The molecule has 24 heavy (non-hydrogen) atoms. The zero-order valence-corrected chi connectivity index (χ0v) is 13.6. The van der Waals surface area contributed by atoms with Gasteiger partial charge in [0.15, 0.2) is 0 Å². The van der Waals surface area contributed by atoms with Crippen LogP contribution in [-0.4, -0.2) is 24.4 Å². The van der Waals surface area contributed by atoms with E-state index in [-0.39, 0.29) is 30.1 Å². The number of rotatable bonds is 7. The molecular weight excluding hydrogens is 307 g/mol. The third-order valence-electron chi connectivity index (χ3n) is 3.58. The van der Waals surface area contributed by atoms with Crippen LogP contribution in [0.4, 0.5) is 4.39 Å². The normalized spacial score (nSPS) is 11.6. The molecule has 1 atom stereocenters. The lowest BCUT2D eigenvalue weighted by Gasteiger charge is -2.14. The predicted molar refractivity (Wildman–Crippen MR) is 91.1 cm³/mol. The van der Waals surface area contributed by atoms with Gasteiger partial charge in [-0.3, -0.25) is 9.59 Å². The first-order valence-corrected chi connectivity index (χ1v) is 7.92. The van der Waals surface area contributed by atoms with Crippen LogP contribution in [0.15, 0.2) is 54.6 Å². The number of nitrogens with one attached hydrogen (secondary N) is 2. The minimum Gasteiger partial charge on any atom is -0.356 e. The molecule has 5 heteroatoms. The van der Waals surface area contributed by atoms with Crippen LogP contribution in [0.3, 0.4) is 0 Å². The highest BCUT2D eigenvalue weighted by atomic mass is 19.1. The fraction of sp³-hybridized carbons (Fsp3) is 0.263. The molecule has 0 spiro atoms. The van der Waals surface area contributed by atoms with Crippen LogP contribution in [0.2, 0.25) is 0 Å². The van der Waals surface area contributed by atoms with Gasteiger partial charge in [-0.05, 0) is 37.1 Å². The maximum atomic E-state index is 13.5. The SMILES string of the molecule is CC(CC(=O)NCCc1ccccc1F)NC(=O)c1ccccc1. The number of hydrogen-bond acceptors (Lipinski definition) is 2. The van der Waals surface area contributed by atoms with E-state index in [0.717, 1.165) is 0 Å². The summed E-state index contributed by atoms with van der Waals surface area (Å²) in [5.74, 6) is -0.648. The zero-order chi connectivity index (χ0) is 17.4. The first-order chi connectivity index (χ1) is 11.6. The topological polar surface area (TPSA) is 58.2 Å². The van der Waals surface area contributed by atoms with Gasteiger partial charge in [-0.1, -0.05) is 36.4 Å². The van der Waals surface area contributed by atoms with E-state index in [4.69, 9.17) is 0 Å². The number of hydrogen-bond donors (Lipinski definition) is 2. The standard InChI is InChI=1S/C19H21FN2O2/c1-14(22-19(24)16-8-3-2-4-9-16)13-18(23)21-12-11-15-7-5-6-10-17(15)20/h2-10,14H,11-13H2,1H3,(H,21,23)(H,22,24). The molecule has 2 aromatic rings. The number of amides is 2. The lowest BCUT2D eigenvalue weighted by molar-refractivity contribution is -0.121. The molecule has 0 bridgehead atoms. The third-order valence-corrected chi connectivity index (χ3v) is 3.58. The Morgan fingerprint density at radius 2 is 1.71 bits per heavy atom. The van der Waals surface area contributed by atoms with Gasteiger partial charge in [0.05, 0.1) is 0 Å². The summed E-state index contributed by atoms with van der Waals surface area (Å²) in [6, 6.07) is 15.1. The number of benzene rings is 2. The molecule has 0 saturated heterocycles. The summed E-state index contributed by atoms with van der Waals surface area (Å²) in [7, 11) is 0. The maximum Gasteiger partial charge on any atom is 0.251 e. The largest absolute Gasteiger partial charge is 0.356 e. The Hall–Kier alpha value is -2.69. The lowest BCUT2D eigenvalue weighted by Crippen LogP contribution is -2.37. The third kappa shape index (κ3) is 5.50. The summed E-state index contributed by atoms with van der Waals surface area (Å²) < 4.78 is 13.5. The lowest BCUT2D eigenvalue weighted by atomic mass is 10.1. The zero-order valence-electron chi connectivity index (χ0n) is 13.6. The number of halogens is 1. The molecule has 0 saturated carbocycles. The Morgan fingerprint density at radius 3 is 2.42 bits per heavy atom. The molecule has 0 heterocycles. The van der Waals surface area contributed by atoms with Crippen molar-refractivity contribution in [3.05, 3.63) is 71.5 Å². The van der Waals surface area contributed by atoms with Gasteiger partial charge in [0.25, 0.3) is 5.91 Å². The molecule has 2 rings (SSSR count). The van der Waals surface area contributed by atoms with Crippen LogP contribution in [0, 0.1) is 5.82 Å². The highest BCUT2D eigenvalue weighted by molar-refractivity contribution is 5.94. The van der Waals surface area contributed by atoms with Gasteiger partial charge in [0.1, 0.15) is 5.82 Å². The Kier molecular flexibility index (Phi) is 6.49. The molecule has 0 fully saturated rings. The van der Waals surface area contributed by atoms with Gasteiger partial charge in [0.2, 0.25) is 5.91 Å². The Bertz CT molecular complexity index is 689. The van der Waals surface area contributed by atoms with E-state index in [1.54, 1.807) is 49.4 Å².